The summed E-state index contributed by atoms with van der Waals surface area (Å²) in [5, 5.41) is 13.3. The van der Waals surface area contributed by atoms with E-state index in [1.165, 1.54) is 11.9 Å². The highest BCUT2D eigenvalue weighted by Crippen LogP contribution is 2.15. The summed E-state index contributed by atoms with van der Waals surface area (Å²) in [6.45, 7) is 3.75. The van der Waals surface area contributed by atoms with E-state index in [0.29, 0.717) is 6.54 Å². The van der Waals surface area contributed by atoms with Crippen LogP contribution in [0, 0.1) is 0 Å². The zero-order valence-corrected chi connectivity index (χ0v) is 14.6. The molecular weight excluding hydrogens is 379 g/mol. The van der Waals surface area contributed by atoms with Gasteiger partial charge in [-0.3, -0.25) is 10.1 Å². The van der Waals surface area contributed by atoms with Gasteiger partial charge in [0.1, 0.15) is 6.33 Å². The van der Waals surface area contributed by atoms with E-state index in [1.54, 1.807) is 7.05 Å². The lowest BCUT2D eigenvalue weighted by Gasteiger charge is -2.11. The quantitative estimate of drug-likeness (QED) is 0.409. The molecule has 1 heterocycles. The first-order chi connectivity index (χ1) is 9.83. The first-order valence-electron chi connectivity index (χ1n) is 6.72. The number of guanidine groups is 1. The largest absolute Gasteiger partial charge is 0.356 e. The Balaban J connectivity index is 0.00000220. The molecule has 0 bridgehead atoms. The summed E-state index contributed by atoms with van der Waals surface area (Å²) in [5.41, 5.74) is 2.19. The van der Waals surface area contributed by atoms with Gasteiger partial charge < -0.3 is 10.6 Å². The van der Waals surface area contributed by atoms with Crippen molar-refractivity contribution >= 4 is 29.9 Å². The molecule has 0 radical (unpaired) electrons. The SMILES string of the molecule is CCCNC(=NC)NCc1cccc(-c2ncn[nH]2)c1.I. The van der Waals surface area contributed by atoms with Crippen LogP contribution in [0.15, 0.2) is 35.6 Å². The van der Waals surface area contributed by atoms with Crippen LogP contribution in [0.4, 0.5) is 0 Å². The van der Waals surface area contributed by atoms with Gasteiger partial charge in [-0.25, -0.2) is 4.98 Å². The summed E-state index contributed by atoms with van der Waals surface area (Å²) >= 11 is 0. The summed E-state index contributed by atoms with van der Waals surface area (Å²) in [6.07, 6.45) is 2.58. The first kappa shape index (κ1) is 17.4. The lowest BCUT2D eigenvalue weighted by Crippen LogP contribution is -2.37. The lowest BCUT2D eigenvalue weighted by atomic mass is 10.1. The second-order valence-corrected chi connectivity index (χ2v) is 4.39. The maximum atomic E-state index is 4.18. The molecule has 0 aliphatic carbocycles. The van der Waals surface area contributed by atoms with Crippen LogP contribution >= 0.6 is 24.0 Å². The standard InChI is InChI=1S/C14H20N6.HI/c1-3-7-16-14(15-2)17-9-11-5-4-6-12(8-11)13-18-10-19-20-13;/h4-6,8,10H,3,7,9H2,1-2H3,(H2,15,16,17)(H,18,19,20);1H. The van der Waals surface area contributed by atoms with Crippen molar-refractivity contribution in [2.45, 2.75) is 19.9 Å². The second-order valence-electron chi connectivity index (χ2n) is 4.39. The lowest BCUT2D eigenvalue weighted by molar-refractivity contribution is 0.781. The van der Waals surface area contributed by atoms with Crippen molar-refractivity contribution in [3.05, 3.63) is 36.2 Å². The van der Waals surface area contributed by atoms with Crippen molar-refractivity contribution in [2.24, 2.45) is 4.99 Å². The van der Waals surface area contributed by atoms with E-state index in [4.69, 9.17) is 0 Å². The van der Waals surface area contributed by atoms with E-state index >= 15 is 0 Å². The highest BCUT2D eigenvalue weighted by atomic mass is 127. The zero-order valence-electron chi connectivity index (χ0n) is 12.3. The first-order valence-corrected chi connectivity index (χ1v) is 6.72. The van der Waals surface area contributed by atoms with Crippen LogP contribution in [0.3, 0.4) is 0 Å². The molecule has 0 aliphatic heterocycles. The summed E-state index contributed by atoms with van der Waals surface area (Å²) in [5.74, 6) is 1.59. The van der Waals surface area contributed by atoms with E-state index in [9.17, 15) is 0 Å². The van der Waals surface area contributed by atoms with Crippen LogP contribution < -0.4 is 10.6 Å². The molecule has 0 saturated heterocycles. The van der Waals surface area contributed by atoms with Gasteiger partial charge >= 0.3 is 0 Å². The van der Waals surface area contributed by atoms with Gasteiger partial charge in [0.05, 0.1) is 0 Å². The minimum absolute atomic E-state index is 0. The number of nitrogens with zero attached hydrogens (tertiary/aromatic N) is 3. The van der Waals surface area contributed by atoms with Crippen LogP contribution in [0.1, 0.15) is 18.9 Å². The number of halogens is 1. The molecule has 1 aromatic carbocycles. The van der Waals surface area contributed by atoms with E-state index in [2.05, 4.69) is 49.9 Å². The zero-order chi connectivity index (χ0) is 14.2. The van der Waals surface area contributed by atoms with Crippen molar-refractivity contribution in [2.75, 3.05) is 13.6 Å². The van der Waals surface area contributed by atoms with Crippen LogP contribution in [-0.4, -0.2) is 34.7 Å². The Morgan fingerprint density at radius 3 is 2.86 bits per heavy atom. The molecule has 0 saturated carbocycles. The number of nitrogens with one attached hydrogen (secondary N) is 3. The Labute approximate surface area is 141 Å². The molecule has 0 fully saturated rings. The van der Waals surface area contributed by atoms with Gasteiger partial charge in [0, 0.05) is 25.7 Å². The number of aromatic amines is 1. The Morgan fingerprint density at radius 1 is 1.33 bits per heavy atom. The number of aromatic nitrogens is 3. The van der Waals surface area contributed by atoms with Crippen molar-refractivity contribution in [3.8, 4) is 11.4 Å². The Hall–Kier alpha value is -1.64. The number of H-pyrrole nitrogens is 1. The maximum Gasteiger partial charge on any atom is 0.191 e. The van der Waals surface area contributed by atoms with E-state index < -0.39 is 0 Å². The molecule has 21 heavy (non-hydrogen) atoms. The topological polar surface area (TPSA) is 78.0 Å². The highest BCUT2D eigenvalue weighted by Gasteiger charge is 2.02. The van der Waals surface area contributed by atoms with Gasteiger partial charge in [-0.15, -0.1) is 24.0 Å². The minimum Gasteiger partial charge on any atom is -0.356 e. The Bertz CT molecular complexity index is 552. The molecule has 3 N–H and O–H groups in total. The molecule has 0 spiro atoms. The molecule has 6 nitrogen and oxygen atoms in total. The molecule has 0 unspecified atom stereocenters. The van der Waals surface area contributed by atoms with Gasteiger partial charge in [0.2, 0.25) is 0 Å². The Kier molecular flexibility index (Phi) is 7.73. The monoisotopic (exact) mass is 400 g/mol. The van der Waals surface area contributed by atoms with E-state index in [-0.39, 0.29) is 24.0 Å². The highest BCUT2D eigenvalue weighted by molar-refractivity contribution is 14.0. The van der Waals surface area contributed by atoms with Crippen molar-refractivity contribution in [1.29, 1.82) is 0 Å². The molecular formula is C14H21IN6. The van der Waals surface area contributed by atoms with Crippen molar-refractivity contribution in [3.63, 3.8) is 0 Å². The van der Waals surface area contributed by atoms with Crippen LogP contribution in [0.25, 0.3) is 11.4 Å². The van der Waals surface area contributed by atoms with Crippen LogP contribution in [0.2, 0.25) is 0 Å². The van der Waals surface area contributed by atoms with Gasteiger partial charge in [-0.1, -0.05) is 25.1 Å². The minimum atomic E-state index is 0. The summed E-state index contributed by atoms with van der Waals surface area (Å²) in [4.78, 5) is 8.34. The molecule has 114 valence electrons. The molecule has 0 aliphatic rings. The third-order valence-electron chi connectivity index (χ3n) is 2.84. The fourth-order valence-electron chi connectivity index (χ4n) is 1.82. The van der Waals surface area contributed by atoms with Crippen LogP contribution in [-0.2, 0) is 6.54 Å². The van der Waals surface area contributed by atoms with Gasteiger partial charge in [0.15, 0.2) is 11.8 Å². The average Bonchev–Trinajstić information content (AvgIpc) is 3.02. The van der Waals surface area contributed by atoms with Crippen molar-refractivity contribution in [1.82, 2.24) is 25.8 Å². The summed E-state index contributed by atoms with van der Waals surface area (Å²) in [6, 6.07) is 8.17. The predicted molar refractivity (Wildman–Crippen MR) is 95.7 cm³/mol. The number of aliphatic imine (C=N–C) groups is 1. The molecule has 0 atom stereocenters. The van der Waals surface area contributed by atoms with E-state index in [1.807, 2.05) is 12.1 Å². The van der Waals surface area contributed by atoms with E-state index in [0.717, 1.165) is 30.3 Å². The summed E-state index contributed by atoms with van der Waals surface area (Å²) < 4.78 is 0. The predicted octanol–water partition coefficient (Wildman–Crippen LogP) is 2.16. The smallest absolute Gasteiger partial charge is 0.191 e. The van der Waals surface area contributed by atoms with Gasteiger partial charge in [0.25, 0.3) is 0 Å². The molecule has 0 amide bonds. The number of hydrogen-bond acceptors (Lipinski definition) is 3. The molecule has 1 aromatic heterocycles. The normalized spacial score (nSPS) is 10.9. The Morgan fingerprint density at radius 2 is 2.19 bits per heavy atom. The maximum absolute atomic E-state index is 4.18. The number of benzene rings is 1. The van der Waals surface area contributed by atoms with Crippen LogP contribution in [0.5, 0.6) is 0 Å². The molecule has 7 heteroatoms. The fraction of sp³-hybridized carbons (Fsp3) is 0.357. The second kappa shape index (κ2) is 9.32. The van der Waals surface area contributed by atoms with Crippen molar-refractivity contribution < 1.29 is 0 Å². The average molecular weight is 400 g/mol. The fourth-order valence-corrected chi connectivity index (χ4v) is 1.82. The number of rotatable bonds is 5. The molecule has 2 aromatic rings. The number of hydrogen-bond donors (Lipinski definition) is 3. The third kappa shape index (κ3) is 5.33. The van der Waals surface area contributed by atoms with Gasteiger partial charge in [-0.2, -0.15) is 5.10 Å². The van der Waals surface area contributed by atoms with Gasteiger partial charge in [-0.05, 0) is 18.1 Å². The molecule has 2 rings (SSSR count). The third-order valence-corrected chi connectivity index (χ3v) is 2.84. The summed E-state index contributed by atoms with van der Waals surface area (Å²) in [7, 11) is 1.77.